The van der Waals surface area contributed by atoms with E-state index >= 15 is 0 Å². The third-order valence-electron chi connectivity index (χ3n) is 4.93. The molecule has 3 N–H and O–H groups in total. The number of rotatable bonds is 4. The van der Waals surface area contributed by atoms with Crippen molar-refractivity contribution in [2.45, 2.75) is 28.0 Å². The van der Waals surface area contributed by atoms with Gasteiger partial charge in [0.2, 0.25) is 0 Å². The van der Waals surface area contributed by atoms with E-state index in [2.05, 4.69) is 41.7 Å². The molecule has 0 saturated heterocycles. The lowest BCUT2D eigenvalue weighted by Crippen LogP contribution is -2.13. The summed E-state index contributed by atoms with van der Waals surface area (Å²) in [5, 5.41) is 9.37. The molecule has 2 aliphatic heterocycles. The van der Waals surface area contributed by atoms with Gasteiger partial charge in [-0.3, -0.25) is 5.14 Å². The van der Waals surface area contributed by atoms with E-state index in [1.54, 1.807) is 7.11 Å². The van der Waals surface area contributed by atoms with E-state index in [-0.39, 0.29) is 0 Å². The molecule has 5 nitrogen and oxygen atoms in total. The largest absolute Gasteiger partial charge is 0.496 e. The van der Waals surface area contributed by atoms with Crippen molar-refractivity contribution in [2.75, 3.05) is 25.6 Å². The van der Waals surface area contributed by atoms with E-state index in [1.807, 2.05) is 42.1 Å². The first-order valence-electron chi connectivity index (χ1n) is 10.2. The first-order valence-corrected chi connectivity index (χ1v) is 11.9. The summed E-state index contributed by atoms with van der Waals surface area (Å²) in [6.07, 6.45) is 1.89. The quantitative estimate of drug-likeness (QED) is 0.498. The number of nitrogens with two attached hydrogens (primary N) is 1. The molecule has 1 unspecified atom stereocenters. The third kappa shape index (κ3) is 5.61. The van der Waals surface area contributed by atoms with Crippen molar-refractivity contribution in [3.8, 4) is 17.2 Å². The van der Waals surface area contributed by atoms with Gasteiger partial charge in [0, 0.05) is 28.3 Å². The molecule has 1 atom stereocenters. The Kier molecular flexibility index (Phi) is 7.51. The highest BCUT2D eigenvalue weighted by molar-refractivity contribution is 8.00. The van der Waals surface area contributed by atoms with Crippen LogP contribution in [0.1, 0.15) is 12.0 Å². The number of hydrogen-bond donors (Lipinski definition) is 2. The van der Waals surface area contributed by atoms with Crippen LogP contribution >= 0.6 is 23.7 Å². The average Bonchev–Trinajstić information content (AvgIpc) is 3.07. The average molecular weight is 455 g/mol. The van der Waals surface area contributed by atoms with Gasteiger partial charge >= 0.3 is 0 Å². The van der Waals surface area contributed by atoms with Gasteiger partial charge in [0.1, 0.15) is 5.75 Å². The fourth-order valence-electron chi connectivity index (χ4n) is 3.43. The Balaban J connectivity index is 0.000000158. The smallest absolute Gasteiger partial charge is 0.162 e. The topological polar surface area (TPSA) is 65.7 Å². The summed E-state index contributed by atoms with van der Waals surface area (Å²) >= 11 is 3.10. The third-order valence-corrected chi connectivity index (χ3v) is 6.63. The number of anilines is 1. The van der Waals surface area contributed by atoms with Crippen LogP contribution in [-0.4, -0.2) is 25.7 Å². The zero-order valence-corrected chi connectivity index (χ0v) is 19.0. The Morgan fingerprint density at radius 2 is 1.81 bits per heavy atom. The van der Waals surface area contributed by atoms with E-state index in [9.17, 15) is 0 Å². The van der Waals surface area contributed by atoms with E-state index in [0.717, 1.165) is 41.6 Å². The summed E-state index contributed by atoms with van der Waals surface area (Å²) in [7, 11) is 1.73. The molecule has 0 bridgehead atoms. The monoisotopic (exact) mass is 454 g/mol. The van der Waals surface area contributed by atoms with Crippen LogP contribution in [0.2, 0.25) is 0 Å². The van der Waals surface area contributed by atoms with Gasteiger partial charge in [-0.1, -0.05) is 42.1 Å². The number of nitrogens with one attached hydrogen (secondary N) is 1. The molecule has 5 rings (SSSR count). The highest BCUT2D eigenvalue weighted by atomic mass is 32.2. The van der Waals surface area contributed by atoms with Crippen LogP contribution in [-0.2, 0) is 6.42 Å². The summed E-state index contributed by atoms with van der Waals surface area (Å²) in [6.45, 7) is 1.44. The fraction of sp³-hybridized carbons (Fsp3) is 0.250. The molecule has 0 radical (unpaired) electrons. The minimum atomic E-state index is 0.388. The number of para-hydroxylation sites is 2. The Morgan fingerprint density at radius 1 is 1.03 bits per heavy atom. The molecule has 0 fully saturated rings. The standard InChI is InChI=1S/C15H15NOS.C9H11NO2S/c1-17-13-8-4-2-6-11(13)10-15-16-12-7-3-5-9-14(12)18-15;10-13-7-2-3-8-9(6-7)12-5-1-4-11-8/h2-9,15-16H,10H2,1H3;2-3,6H,1,4-5,10H2. The number of fused-ring (bicyclic) bond motifs is 2. The molecule has 0 spiro atoms. The van der Waals surface area contributed by atoms with E-state index < -0.39 is 0 Å². The van der Waals surface area contributed by atoms with Crippen LogP contribution in [0.15, 0.2) is 76.5 Å². The zero-order chi connectivity index (χ0) is 21.5. The van der Waals surface area contributed by atoms with Crippen LogP contribution in [0, 0.1) is 0 Å². The molecule has 0 aliphatic carbocycles. The first kappa shape index (κ1) is 21.7. The van der Waals surface area contributed by atoms with E-state index in [1.165, 1.54) is 28.1 Å². The summed E-state index contributed by atoms with van der Waals surface area (Å²) in [5.74, 6) is 2.58. The van der Waals surface area contributed by atoms with Gasteiger partial charge in [0.15, 0.2) is 11.5 Å². The number of thioether (sulfide) groups is 1. The normalized spacial score (nSPS) is 16.3. The Hall–Kier alpha value is -2.48. The Labute approximate surface area is 191 Å². The van der Waals surface area contributed by atoms with Crippen molar-refractivity contribution in [3.05, 3.63) is 72.3 Å². The van der Waals surface area contributed by atoms with Crippen molar-refractivity contribution in [1.29, 1.82) is 0 Å². The number of benzene rings is 3. The van der Waals surface area contributed by atoms with Crippen LogP contribution < -0.4 is 24.7 Å². The van der Waals surface area contributed by atoms with Crippen LogP contribution in [0.4, 0.5) is 5.69 Å². The lowest BCUT2D eigenvalue weighted by molar-refractivity contribution is 0.297. The first-order chi connectivity index (χ1) is 15.3. The maximum Gasteiger partial charge on any atom is 0.162 e. The molecule has 2 aliphatic rings. The lowest BCUT2D eigenvalue weighted by atomic mass is 10.1. The van der Waals surface area contributed by atoms with Gasteiger partial charge in [0.05, 0.1) is 25.7 Å². The number of hydrogen-bond acceptors (Lipinski definition) is 7. The van der Waals surface area contributed by atoms with E-state index in [4.69, 9.17) is 19.3 Å². The van der Waals surface area contributed by atoms with Gasteiger partial charge in [-0.2, -0.15) is 0 Å². The summed E-state index contributed by atoms with van der Waals surface area (Å²) in [6, 6.07) is 22.4. The summed E-state index contributed by atoms with van der Waals surface area (Å²) in [4.78, 5) is 2.32. The molecule has 3 aromatic rings. The minimum Gasteiger partial charge on any atom is -0.496 e. The molecule has 162 valence electrons. The van der Waals surface area contributed by atoms with Crippen molar-refractivity contribution in [3.63, 3.8) is 0 Å². The van der Waals surface area contributed by atoms with Gasteiger partial charge in [0.25, 0.3) is 0 Å². The fourth-order valence-corrected chi connectivity index (χ4v) is 4.91. The molecule has 7 heteroatoms. The Bertz CT molecular complexity index is 991. The highest BCUT2D eigenvalue weighted by Crippen LogP contribution is 2.40. The summed E-state index contributed by atoms with van der Waals surface area (Å²) in [5.41, 5.74) is 2.49. The number of ether oxygens (including phenoxy) is 3. The summed E-state index contributed by atoms with van der Waals surface area (Å²) < 4.78 is 16.4. The van der Waals surface area contributed by atoms with Gasteiger partial charge in [-0.15, -0.1) is 0 Å². The molecule has 0 saturated carbocycles. The second-order valence-electron chi connectivity index (χ2n) is 7.04. The predicted octanol–water partition coefficient (Wildman–Crippen LogP) is 5.60. The highest BCUT2D eigenvalue weighted by Gasteiger charge is 2.21. The lowest BCUT2D eigenvalue weighted by Gasteiger charge is -2.13. The predicted molar refractivity (Wildman–Crippen MR) is 129 cm³/mol. The van der Waals surface area contributed by atoms with Crippen LogP contribution in [0.25, 0.3) is 0 Å². The minimum absolute atomic E-state index is 0.388. The van der Waals surface area contributed by atoms with Crippen molar-refractivity contribution in [1.82, 2.24) is 0 Å². The van der Waals surface area contributed by atoms with Crippen molar-refractivity contribution >= 4 is 29.4 Å². The van der Waals surface area contributed by atoms with Gasteiger partial charge < -0.3 is 19.5 Å². The number of methoxy groups -OCH3 is 1. The maximum atomic E-state index is 5.50. The van der Waals surface area contributed by atoms with Crippen molar-refractivity contribution < 1.29 is 14.2 Å². The molecular weight excluding hydrogens is 428 g/mol. The SMILES string of the molecule is COc1ccccc1CC1Nc2ccccc2S1.NSc1ccc2c(c1)OCCCO2. The molecule has 0 aromatic heterocycles. The van der Waals surface area contributed by atoms with Crippen LogP contribution in [0.3, 0.4) is 0 Å². The second-order valence-corrected chi connectivity index (χ2v) is 8.99. The zero-order valence-electron chi connectivity index (χ0n) is 17.4. The van der Waals surface area contributed by atoms with Gasteiger partial charge in [-0.05, 0) is 53.9 Å². The molecule has 31 heavy (non-hydrogen) atoms. The maximum absolute atomic E-state index is 5.50. The molecular formula is C24H26N2O3S2. The molecule has 0 amide bonds. The van der Waals surface area contributed by atoms with E-state index in [0.29, 0.717) is 12.0 Å². The molecule has 3 aromatic carbocycles. The van der Waals surface area contributed by atoms with Crippen LogP contribution in [0.5, 0.6) is 17.2 Å². The second kappa shape index (κ2) is 10.7. The molecule has 2 heterocycles. The van der Waals surface area contributed by atoms with Gasteiger partial charge in [-0.25, -0.2) is 0 Å². The van der Waals surface area contributed by atoms with Crippen molar-refractivity contribution in [2.24, 2.45) is 5.14 Å². The Morgan fingerprint density at radius 3 is 2.61 bits per heavy atom.